The first-order chi connectivity index (χ1) is 10.0. The van der Waals surface area contributed by atoms with E-state index in [1.54, 1.807) is 36.4 Å². The first kappa shape index (κ1) is 13.3. The van der Waals surface area contributed by atoms with E-state index in [9.17, 15) is 10.1 Å². The SMILES string of the molecule is NC1=CCC(N)(c2ccc3ccccc3c2[N+](=O)[O-])C=C1. The summed E-state index contributed by atoms with van der Waals surface area (Å²) in [5.74, 6) is 0. The molecular weight excluding hydrogens is 266 g/mol. The quantitative estimate of drug-likeness (QED) is 0.653. The molecule has 0 bridgehead atoms. The van der Waals surface area contributed by atoms with E-state index in [1.807, 2.05) is 18.2 Å². The van der Waals surface area contributed by atoms with Gasteiger partial charge in [0.1, 0.15) is 0 Å². The summed E-state index contributed by atoms with van der Waals surface area (Å²) in [4.78, 5) is 11.2. The smallest absolute Gasteiger partial charge is 0.282 e. The van der Waals surface area contributed by atoms with Gasteiger partial charge in [0.2, 0.25) is 0 Å². The Balaban J connectivity index is 2.26. The Hall–Kier alpha value is -2.66. The van der Waals surface area contributed by atoms with Crippen molar-refractivity contribution in [3.8, 4) is 0 Å². The second-order valence-electron chi connectivity index (χ2n) is 5.22. The molecule has 2 aromatic carbocycles. The Morgan fingerprint density at radius 2 is 1.95 bits per heavy atom. The minimum Gasteiger partial charge on any atom is -0.399 e. The molecule has 1 aliphatic carbocycles. The lowest BCUT2D eigenvalue weighted by Gasteiger charge is -2.28. The minimum absolute atomic E-state index is 0.0640. The highest BCUT2D eigenvalue weighted by atomic mass is 16.6. The standard InChI is InChI=1S/C16H15N3O2/c17-12-7-9-16(18,10-8-12)14-6-5-11-3-1-2-4-13(11)15(14)19(20)21/h1-9H,10,17-18H2. The summed E-state index contributed by atoms with van der Waals surface area (Å²) in [6.07, 6.45) is 5.66. The van der Waals surface area contributed by atoms with Crippen molar-refractivity contribution in [1.29, 1.82) is 0 Å². The lowest BCUT2D eigenvalue weighted by Crippen LogP contribution is -2.36. The molecule has 0 radical (unpaired) electrons. The summed E-state index contributed by atoms with van der Waals surface area (Å²) in [5.41, 5.74) is 12.4. The van der Waals surface area contributed by atoms with Gasteiger partial charge >= 0.3 is 0 Å². The van der Waals surface area contributed by atoms with E-state index in [0.29, 0.717) is 23.1 Å². The second-order valence-corrected chi connectivity index (χ2v) is 5.22. The molecule has 0 saturated carbocycles. The molecule has 5 heteroatoms. The maximum Gasteiger partial charge on any atom is 0.282 e. The number of hydrogen-bond donors (Lipinski definition) is 2. The molecule has 3 rings (SSSR count). The number of nitrogens with zero attached hydrogens (tertiary/aromatic N) is 1. The van der Waals surface area contributed by atoms with Gasteiger partial charge in [0.25, 0.3) is 5.69 Å². The molecule has 21 heavy (non-hydrogen) atoms. The van der Waals surface area contributed by atoms with Gasteiger partial charge in [-0.25, -0.2) is 0 Å². The molecule has 2 aromatic rings. The molecule has 0 amide bonds. The minimum atomic E-state index is -0.907. The van der Waals surface area contributed by atoms with Crippen molar-refractivity contribution in [1.82, 2.24) is 0 Å². The van der Waals surface area contributed by atoms with E-state index < -0.39 is 5.54 Å². The van der Waals surface area contributed by atoms with E-state index in [2.05, 4.69) is 0 Å². The van der Waals surface area contributed by atoms with Gasteiger partial charge in [-0.1, -0.05) is 36.4 Å². The molecule has 0 heterocycles. The molecule has 1 atom stereocenters. The molecule has 4 N–H and O–H groups in total. The Bertz CT molecular complexity index is 795. The van der Waals surface area contributed by atoms with Crippen molar-refractivity contribution in [2.75, 3.05) is 0 Å². The average molecular weight is 281 g/mol. The van der Waals surface area contributed by atoms with Gasteiger partial charge in [-0.15, -0.1) is 0 Å². The van der Waals surface area contributed by atoms with Crippen molar-refractivity contribution < 1.29 is 4.92 Å². The first-order valence-corrected chi connectivity index (χ1v) is 6.62. The molecule has 0 spiro atoms. The molecule has 0 fully saturated rings. The molecule has 5 nitrogen and oxygen atoms in total. The van der Waals surface area contributed by atoms with Crippen molar-refractivity contribution >= 4 is 16.5 Å². The number of allylic oxidation sites excluding steroid dienone is 1. The highest BCUT2D eigenvalue weighted by Gasteiger charge is 2.33. The van der Waals surface area contributed by atoms with Gasteiger partial charge in [0, 0.05) is 5.70 Å². The third-order valence-corrected chi connectivity index (χ3v) is 3.83. The molecule has 106 valence electrons. The van der Waals surface area contributed by atoms with Crippen LogP contribution in [0.2, 0.25) is 0 Å². The van der Waals surface area contributed by atoms with Crippen LogP contribution in [0, 0.1) is 10.1 Å². The maximum atomic E-state index is 11.6. The summed E-state index contributed by atoms with van der Waals surface area (Å²) in [5, 5.41) is 13.0. The Kier molecular flexibility index (Phi) is 2.99. The Morgan fingerprint density at radius 1 is 1.19 bits per heavy atom. The van der Waals surface area contributed by atoms with Crippen LogP contribution < -0.4 is 11.5 Å². The van der Waals surface area contributed by atoms with Crippen LogP contribution in [-0.2, 0) is 5.54 Å². The predicted molar refractivity (Wildman–Crippen MR) is 82.5 cm³/mol. The van der Waals surface area contributed by atoms with Crippen LogP contribution in [0.3, 0.4) is 0 Å². The highest BCUT2D eigenvalue weighted by Crippen LogP contribution is 2.38. The lowest BCUT2D eigenvalue weighted by molar-refractivity contribution is -0.384. The topological polar surface area (TPSA) is 95.2 Å². The van der Waals surface area contributed by atoms with E-state index in [1.165, 1.54) is 0 Å². The van der Waals surface area contributed by atoms with E-state index in [4.69, 9.17) is 11.5 Å². The van der Waals surface area contributed by atoms with E-state index in [0.717, 1.165) is 5.39 Å². The zero-order valence-electron chi connectivity index (χ0n) is 11.3. The normalized spacial score (nSPS) is 21.3. The predicted octanol–water partition coefficient (Wildman–Crippen LogP) is 2.70. The summed E-state index contributed by atoms with van der Waals surface area (Å²) in [6.45, 7) is 0. The zero-order valence-corrected chi connectivity index (χ0v) is 11.3. The van der Waals surface area contributed by atoms with Gasteiger partial charge in [0.15, 0.2) is 0 Å². The number of rotatable bonds is 2. The fourth-order valence-electron chi connectivity index (χ4n) is 2.69. The van der Waals surface area contributed by atoms with Crippen LogP contribution in [0.4, 0.5) is 5.69 Å². The molecule has 0 aliphatic heterocycles. The second kappa shape index (κ2) is 4.71. The Morgan fingerprint density at radius 3 is 2.62 bits per heavy atom. The van der Waals surface area contributed by atoms with Crippen LogP contribution in [0.15, 0.2) is 60.3 Å². The molecule has 1 unspecified atom stereocenters. The number of nitrogens with two attached hydrogens (primary N) is 2. The summed E-state index contributed by atoms with van der Waals surface area (Å²) >= 11 is 0. The zero-order chi connectivity index (χ0) is 15.0. The summed E-state index contributed by atoms with van der Waals surface area (Å²) in [7, 11) is 0. The lowest BCUT2D eigenvalue weighted by atomic mass is 9.82. The number of hydrogen-bond acceptors (Lipinski definition) is 4. The molecular formula is C16H15N3O2. The largest absolute Gasteiger partial charge is 0.399 e. The van der Waals surface area contributed by atoms with Crippen molar-refractivity contribution in [2.24, 2.45) is 11.5 Å². The maximum absolute atomic E-state index is 11.6. The first-order valence-electron chi connectivity index (χ1n) is 6.62. The molecule has 0 aromatic heterocycles. The molecule has 0 saturated heterocycles. The fraction of sp³-hybridized carbons (Fsp3) is 0.125. The summed E-state index contributed by atoms with van der Waals surface area (Å²) < 4.78 is 0. The van der Waals surface area contributed by atoms with Crippen molar-refractivity contribution in [3.63, 3.8) is 0 Å². The monoisotopic (exact) mass is 281 g/mol. The van der Waals surface area contributed by atoms with Gasteiger partial charge in [-0.05, 0) is 30.0 Å². The van der Waals surface area contributed by atoms with Crippen molar-refractivity contribution in [3.05, 3.63) is 76.0 Å². The van der Waals surface area contributed by atoms with Crippen molar-refractivity contribution in [2.45, 2.75) is 12.0 Å². The van der Waals surface area contributed by atoms with E-state index >= 15 is 0 Å². The van der Waals surface area contributed by atoms with Gasteiger partial charge in [-0.3, -0.25) is 10.1 Å². The molecule has 1 aliphatic rings. The van der Waals surface area contributed by atoms with Crippen LogP contribution in [0.25, 0.3) is 10.8 Å². The average Bonchev–Trinajstić information content (AvgIpc) is 2.49. The fourth-order valence-corrected chi connectivity index (χ4v) is 2.69. The van der Waals surface area contributed by atoms with Gasteiger partial charge in [-0.2, -0.15) is 0 Å². The summed E-state index contributed by atoms with van der Waals surface area (Å²) in [6, 6.07) is 10.8. The van der Waals surface area contributed by atoms with Crippen LogP contribution in [0.1, 0.15) is 12.0 Å². The number of nitro benzene ring substituents is 1. The third kappa shape index (κ3) is 2.17. The van der Waals surface area contributed by atoms with Gasteiger partial charge < -0.3 is 11.5 Å². The number of nitro groups is 1. The third-order valence-electron chi connectivity index (χ3n) is 3.83. The number of benzene rings is 2. The van der Waals surface area contributed by atoms with Crippen LogP contribution in [-0.4, -0.2) is 4.92 Å². The number of fused-ring (bicyclic) bond motifs is 1. The highest BCUT2D eigenvalue weighted by molar-refractivity contribution is 5.92. The van der Waals surface area contributed by atoms with Gasteiger partial charge in [0.05, 0.1) is 21.4 Å². The van der Waals surface area contributed by atoms with Crippen LogP contribution >= 0.6 is 0 Å². The van der Waals surface area contributed by atoms with Crippen LogP contribution in [0.5, 0.6) is 0 Å². The van der Waals surface area contributed by atoms with E-state index in [-0.39, 0.29) is 10.6 Å². The Labute approximate surface area is 121 Å².